The maximum atomic E-state index is 13.2. The molecule has 4 N–H and O–H groups in total. The van der Waals surface area contributed by atoms with E-state index >= 15 is 0 Å². The number of nitrogen functional groups attached to an aromatic ring is 1. The summed E-state index contributed by atoms with van der Waals surface area (Å²) >= 11 is 4.05. The van der Waals surface area contributed by atoms with Gasteiger partial charge in [-0.3, -0.25) is 19.7 Å². The zero-order chi connectivity index (χ0) is 26.0. The first-order chi connectivity index (χ1) is 17.3. The number of fused-ring (bicyclic) bond motifs is 1. The van der Waals surface area contributed by atoms with Gasteiger partial charge in [0.25, 0.3) is 11.8 Å². The topological polar surface area (TPSA) is 133 Å². The Labute approximate surface area is 222 Å². The zero-order valence-electron chi connectivity index (χ0n) is 20.3. The van der Waals surface area contributed by atoms with Gasteiger partial charge in [-0.2, -0.15) is 4.47 Å². The average molecular weight is 549 g/mol. The molecular formula is C23H28N6O4S3. The van der Waals surface area contributed by atoms with Crippen LogP contribution >= 0.6 is 35.0 Å². The molecule has 1 aromatic heterocycles. The van der Waals surface area contributed by atoms with E-state index in [4.69, 9.17) is 10.6 Å². The van der Waals surface area contributed by atoms with Crippen molar-refractivity contribution >= 4 is 63.4 Å². The second-order valence-electron chi connectivity index (χ2n) is 8.20. The molecule has 1 aromatic carbocycles. The normalized spacial score (nSPS) is 19.6. The number of aromatic nitrogens is 1. The standard InChI is InChI=1S/C23H28N6O4S3/c1-5-17-14(9-13-6-7-15(8-12(13)2)29(32)34-4)10-35-22-19(21(31)28(17)22)26-20(30)18(27-33-3)16-11-36-23(24)25-16/h6-8,11,19,22,32H,5,9-10H2,1-4H3,(H2,24,25)(H,26,30)/b27-18-. The number of nitrogens with one attached hydrogen (secondary N) is 1. The number of carbonyl (C=O) groups is 2. The Bertz CT molecular complexity index is 1230. The van der Waals surface area contributed by atoms with Crippen LogP contribution < -0.4 is 15.5 Å². The molecule has 2 unspecified atom stereocenters. The van der Waals surface area contributed by atoms with Crippen molar-refractivity contribution in [1.29, 1.82) is 0 Å². The molecule has 4 rings (SSSR count). The van der Waals surface area contributed by atoms with Gasteiger partial charge in [0, 0.05) is 23.1 Å². The summed E-state index contributed by atoms with van der Waals surface area (Å²) in [7, 11) is 1.34. The Morgan fingerprint density at radius 3 is 2.86 bits per heavy atom. The molecule has 2 aromatic rings. The highest BCUT2D eigenvalue weighted by molar-refractivity contribution is 8.00. The molecule has 3 heterocycles. The number of allylic oxidation sites excluding steroid dienone is 1. The summed E-state index contributed by atoms with van der Waals surface area (Å²) in [5.74, 6) is 0.0731. The zero-order valence-corrected chi connectivity index (χ0v) is 22.8. The molecular weight excluding hydrogens is 520 g/mol. The summed E-state index contributed by atoms with van der Waals surface area (Å²) in [6, 6.07) is 5.20. The predicted molar refractivity (Wildman–Crippen MR) is 145 cm³/mol. The van der Waals surface area contributed by atoms with Crippen LogP contribution in [-0.2, 0) is 20.8 Å². The fraction of sp³-hybridized carbons (Fsp3) is 0.391. The number of carbonyl (C=O) groups excluding carboxylic acids is 2. The van der Waals surface area contributed by atoms with Crippen molar-refractivity contribution in [1.82, 2.24) is 15.2 Å². The lowest BCUT2D eigenvalue weighted by molar-refractivity contribution is -0.145. The Morgan fingerprint density at radius 2 is 2.25 bits per heavy atom. The number of benzene rings is 1. The highest BCUT2D eigenvalue weighted by atomic mass is 32.2. The third kappa shape index (κ3) is 5.05. The summed E-state index contributed by atoms with van der Waals surface area (Å²) in [6.07, 6.45) is 3.23. The Balaban J connectivity index is 1.49. The quantitative estimate of drug-likeness (QED) is 0.187. The summed E-state index contributed by atoms with van der Waals surface area (Å²) in [5.41, 5.74) is 11.1. The number of β-lactam (4-membered cyclic amide) rings is 1. The van der Waals surface area contributed by atoms with E-state index in [9.17, 15) is 14.8 Å². The van der Waals surface area contributed by atoms with E-state index in [1.165, 1.54) is 36.0 Å². The minimum absolute atomic E-state index is 0.0219. The molecule has 0 bridgehead atoms. The lowest BCUT2D eigenvalue weighted by Gasteiger charge is -2.50. The van der Waals surface area contributed by atoms with Gasteiger partial charge < -0.3 is 15.9 Å². The molecule has 36 heavy (non-hydrogen) atoms. The minimum atomic E-state index is -0.660. The van der Waals surface area contributed by atoms with Gasteiger partial charge in [0.15, 0.2) is 10.8 Å². The van der Waals surface area contributed by atoms with Crippen LogP contribution in [0, 0.1) is 6.92 Å². The third-order valence-corrected chi connectivity index (χ3v) is 8.65. The fourth-order valence-electron chi connectivity index (χ4n) is 4.30. The van der Waals surface area contributed by atoms with Crippen molar-refractivity contribution in [3.63, 3.8) is 0 Å². The summed E-state index contributed by atoms with van der Waals surface area (Å²) in [6.45, 7) is 4.06. The molecule has 2 aliphatic rings. The second kappa shape index (κ2) is 11.1. The van der Waals surface area contributed by atoms with Crippen molar-refractivity contribution in [3.8, 4) is 0 Å². The van der Waals surface area contributed by atoms with Crippen molar-refractivity contribution in [2.24, 2.45) is 5.16 Å². The summed E-state index contributed by atoms with van der Waals surface area (Å²) in [5, 5.41) is 18.3. The summed E-state index contributed by atoms with van der Waals surface area (Å²) in [4.78, 5) is 36.8. The van der Waals surface area contributed by atoms with Gasteiger partial charge in [-0.15, -0.1) is 23.1 Å². The van der Waals surface area contributed by atoms with Crippen molar-refractivity contribution in [2.75, 3.05) is 29.3 Å². The van der Waals surface area contributed by atoms with Gasteiger partial charge in [-0.25, -0.2) is 4.98 Å². The van der Waals surface area contributed by atoms with Crippen molar-refractivity contribution in [3.05, 3.63) is 51.7 Å². The van der Waals surface area contributed by atoms with E-state index < -0.39 is 11.9 Å². The number of rotatable bonds is 9. The number of nitrogens with zero attached hydrogens (tertiary/aromatic N) is 4. The first-order valence-corrected chi connectivity index (χ1v) is 14.3. The van der Waals surface area contributed by atoms with E-state index in [2.05, 4.69) is 15.5 Å². The van der Waals surface area contributed by atoms with Crippen LogP contribution in [0.5, 0.6) is 0 Å². The molecule has 2 atom stereocenters. The molecule has 0 spiro atoms. The van der Waals surface area contributed by atoms with E-state index in [1.807, 2.05) is 32.0 Å². The second-order valence-corrected chi connectivity index (χ2v) is 10.9. The number of hydrogen-bond donors (Lipinski definition) is 3. The Morgan fingerprint density at radius 1 is 1.47 bits per heavy atom. The monoisotopic (exact) mass is 548 g/mol. The van der Waals surface area contributed by atoms with Crippen LogP contribution in [0.3, 0.4) is 0 Å². The maximum Gasteiger partial charge on any atom is 0.276 e. The average Bonchev–Trinajstić information content (AvgIpc) is 3.31. The van der Waals surface area contributed by atoms with Crippen LogP contribution in [0.1, 0.15) is 30.2 Å². The number of hydrogen-bond acceptors (Lipinski definition) is 11. The molecule has 2 aliphatic heterocycles. The summed E-state index contributed by atoms with van der Waals surface area (Å²) < 4.78 is 1.13. The minimum Gasteiger partial charge on any atom is -0.398 e. The van der Waals surface area contributed by atoms with Gasteiger partial charge in [0.05, 0.1) is 5.69 Å². The first kappa shape index (κ1) is 26.3. The van der Waals surface area contributed by atoms with E-state index in [0.29, 0.717) is 17.2 Å². The highest BCUT2D eigenvalue weighted by Gasteiger charge is 2.52. The van der Waals surface area contributed by atoms with E-state index in [0.717, 1.165) is 39.2 Å². The van der Waals surface area contributed by atoms with E-state index in [1.54, 1.807) is 28.3 Å². The number of oxime groups is 1. The number of thioether (sulfide) groups is 1. The molecule has 13 heteroatoms. The van der Waals surface area contributed by atoms with E-state index in [-0.39, 0.29) is 17.0 Å². The molecule has 0 aliphatic carbocycles. The van der Waals surface area contributed by atoms with Crippen LogP contribution in [0.15, 0.2) is 40.0 Å². The number of anilines is 2. The van der Waals surface area contributed by atoms with Gasteiger partial charge in [0.2, 0.25) is 0 Å². The van der Waals surface area contributed by atoms with Gasteiger partial charge in [-0.05, 0) is 60.5 Å². The Kier molecular flexibility index (Phi) is 8.13. The fourth-order valence-corrected chi connectivity index (χ4v) is 6.57. The lowest BCUT2D eigenvalue weighted by atomic mass is 9.95. The third-order valence-electron chi connectivity index (χ3n) is 6.08. The molecule has 0 radical (unpaired) electrons. The number of thiazole rings is 1. The van der Waals surface area contributed by atoms with Gasteiger partial charge in [0.1, 0.15) is 24.2 Å². The molecule has 2 amide bonds. The number of nitrogens with two attached hydrogens (primary N) is 1. The van der Waals surface area contributed by atoms with Crippen LogP contribution in [0.25, 0.3) is 0 Å². The maximum absolute atomic E-state index is 13.2. The molecule has 10 nitrogen and oxygen atoms in total. The van der Waals surface area contributed by atoms with Gasteiger partial charge >= 0.3 is 0 Å². The lowest BCUT2D eigenvalue weighted by Crippen LogP contribution is -2.70. The SMILES string of the molecule is CCC1=C(Cc2ccc(N(O)SC)cc2C)CSC2C(NC(=O)/C(=N\OC)c3csc(N)n3)C(=O)N12. The first-order valence-electron chi connectivity index (χ1n) is 11.2. The van der Waals surface area contributed by atoms with Crippen LogP contribution in [0.2, 0.25) is 0 Å². The predicted octanol–water partition coefficient (Wildman–Crippen LogP) is 3.16. The molecule has 1 saturated heterocycles. The van der Waals surface area contributed by atoms with Crippen LogP contribution in [-0.4, -0.2) is 63.2 Å². The molecule has 0 saturated carbocycles. The smallest absolute Gasteiger partial charge is 0.276 e. The molecule has 1 fully saturated rings. The molecule has 192 valence electrons. The number of aryl methyl sites for hydroxylation is 1. The van der Waals surface area contributed by atoms with Crippen molar-refractivity contribution < 1.29 is 19.6 Å². The van der Waals surface area contributed by atoms with Crippen LogP contribution in [0.4, 0.5) is 10.8 Å². The van der Waals surface area contributed by atoms with Gasteiger partial charge in [-0.1, -0.05) is 18.1 Å². The van der Waals surface area contributed by atoms with Crippen molar-refractivity contribution in [2.45, 2.75) is 38.1 Å². The highest BCUT2D eigenvalue weighted by Crippen LogP contribution is 2.42. The Hall–Kier alpha value is -2.74. The number of amides is 2. The largest absolute Gasteiger partial charge is 0.398 e.